The van der Waals surface area contributed by atoms with Gasteiger partial charge in [0, 0.05) is 29.8 Å². The predicted octanol–water partition coefficient (Wildman–Crippen LogP) is 3.25. The van der Waals surface area contributed by atoms with E-state index in [-0.39, 0.29) is 30.6 Å². The molecule has 0 radical (unpaired) electrons. The van der Waals surface area contributed by atoms with Crippen molar-refractivity contribution in [2.45, 2.75) is 12.8 Å². The van der Waals surface area contributed by atoms with Gasteiger partial charge in [-0.3, -0.25) is 14.5 Å². The highest BCUT2D eigenvalue weighted by molar-refractivity contribution is 6.00. The Hall–Kier alpha value is -3.35. The van der Waals surface area contributed by atoms with Crippen molar-refractivity contribution >= 4 is 29.2 Å². The summed E-state index contributed by atoms with van der Waals surface area (Å²) in [6.07, 6.45) is -0.162. The monoisotopic (exact) mass is 368 g/mol. The van der Waals surface area contributed by atoms with E-state index in [4.69, 9.17) is 9.47 Å². The molecule has 0 bridgehead atoms. The van der Waals surface area contributed by atoms with Crippen LogP contribution in [0.15, 0.2) is 48.5 Å². The van der Waals surface area contributed by atoms with Crippen molar-refractivity contribution in [1.29, 1.82) is 0 Å². The summed E-state index contributed by atoms with van der Waals surface area (Å²) in [7, 11) is 1.56. The van der Waals surface area contributed by atoms with Crippen LogP contribution in [0, 0.1) is 0 Å². The number of benzene rings is 2. The summed E-state index contributed by atoms with van der Waals surface area (Å²) in [5.74, 6) is 0.329. The molecule has 7 nitrogen and oxygen atoms in total. The third-order valence-corrected chi connectivity index (χ3v) is 4.21. The van der Waals surface area contributed by atoms with Crippen LogP contribution in [0.1, 0.15) is 23.2 Å². The lowest BCUT2D eigenvalue weighted by Gasteiger charge is -2.13. The maximum absolute atomic E-state index is 12.2. The van der Waals surface area contributed by atoms with Gasteiger partial charge in [0.15, 0.2) is 5.78 Å². The molecule has 0 atom stereocenters. The number of ketones is 1. The Labute approximate surface area is 156 Å². The minimum atomic E-state index is -0.371. The maximum Gasteiger partial charge on any atom is 0.414 e. The molecule has 0 spiro atoms. The van der Waals surface area contributed by atoms with Crippen molar-refractivity contribution in [3.63, 3.8) is 0 Å². The molecule has 2 aromatic rings. The molecule has 1 heterocycles. The minimum absolute atomic E-state index is 0.0884. The molecule has 27 heavy (non-hydrogen) atoms. The number of hydrogen-bond acceptors (Lipinski definition) is 5. The molecule has 1 N–H and O–H groups in total. The van der Waals surface area contributed by atoms with Crippen molar-refractivity contribution in [1.82, 2.24) is 0 Å². The van der Waals surface area contributed by atoms with E-state index in [0.717, 1.165) is 0 Å². The van der Waals surface area contributed by atoms with Gasteiger partial charge in [-0.1, -0.05) is 0 Å². The van der Waals surface area contributed by atoms with Gasteiger partial charge in [-0.05, 0) is 48.5 Å². The summed E-state index contributed by atoms with van der Waals surface area (Å²) in [6.45, 7) is 0.886. The molecule has 0 saturated carbocycles. The topological polar surface area (TPSA) is 84.9 Å². The number of hydrogen-bond donors (Lipinski definition) is 1. The average molecular weight is 368 g/mol. The van der Waals surface area contributed by atoms with Crippen LogP contribution in [-0.2, 0) is 9.53 Å². The Morgan fingerprint density at radius 1 is 1.07 bits per heavy atom. The van der Waals surface area contributed by atoms with Gasteiger partial charge in [0.05, 0.1) is 13.7 Å². The number of nitrogens with one attached hydrogen (secondary N) is 1. The summed E-state index contributed by atoms with van der Waals surface area (Å²) >= 11 is 0. The number of methoxy groups -OCH3 is 1. The first kappa shape index (κ1) is 18.4. The van der Waals surface area contributed by atoms with E-state index in [9.17, 15) is 14.4 Å². The fraction of sp³-hybridized carbons (Fsp3) is 0.250. The molecule has 1 aliphatic rings. The maximum atomic E-state index is 12.2. The zero-order valence-corrected chi connectivity index (χ0v) is 14.9. The van der Waals surface area contributed by atoms with Crippen LogP contribution >= 0.6 is 0 Å². The lowest BCUT2D eigenvalue weighted by Crippen LogP contribution is -2.23. The number of nitrogens with zero attached hydrogens (tertiary/aromatic N) is 1. The summed E-state index contributed by atoms with van der Waals surface area (Å²) in [4.78, 5) is 37.3. The molecule has 7 heteroatoms. The van der Waals surface area contributed by atoms with Crippen LogP contribution in [0.2, 0.25) is 0 Å². The second kappa shape index (κ2) is 8.35. The molecule has 1 aliphatic heterocycles. The van der Waals surface area contributed by atoms with E-state index in [1.54, 1.807) is 55.6 Å². The first-order valence-electron chi connectivity index (χ1n) is 8.58. The van der Waals surface area contributed by atoms with E-state index >= 15 is 0 Å². The largest absolute Gasteiger partial charge is 0.497 e. The zero-order chi connectivity index (χ0) is 19.2. The van der Waals surface area contributed by atoms with Crippen LogP contribution in [0.4, 0.5) is 16.2 Å². The Bertz CT molecular complexity index is 830. The van der Waals surface area contributed by atoms with Crippen molar-refractivity contribution in [2.24, 2.45) is 0 Å². The molecule has 1 saturated heterocycles. The summed E-state index contributed by atoms with van der Waals surface area (Å²) in [5.41, 5.74) is 1.86. The van der Waals surface area contributed by atoms with E-state index in [2.05, 4.69) is 5.32 Å². The lowest BCUT2D eigenvalue weighted by atomic mass is 10.1. The molecule has 2 amide bonds. The highest BCUT2D eigenvalue weighted by Gasteiger charge is 2.23. The Morgan fingerprint density at radius 2 is 1.78 bits per heavy atom. The van der Waals surface area contributed by atoms with Gasteiger partial charge in [-0.15, -0.1) is 0 Å². The molecule has 0 unspecified atom stereocenters. The van der Waals surface area contributed by atoms with Gasteiger partial charge in [-0.2, -0.15) is 0 Å². The summed E-state index contributed by atoms with van der Waals surface area (Å²) < 4.78 is 9.95. The van der Waals surface area contributed by atoms with Gasteiger partial charge >= 0.3 is 6.09 Å². The fourth-order valence-electron chi connectivity index (χ4n) is 2.72. The van der Waals surface area contributed by atoms with E-state index in [0.29, 0.717) is 35.8 Å². The molecular weight excluding hydrogens is 348 g/mol. The standard InChI is InChI=1S/C20H20N2O5/c1-26-17-8-2-14(3-9-17)18(23)10-11-19(24)21-15-4-6-16(7-5-15)22-12-13-27-20(22)25/h2-9H,10-13H2,1H3,(H,21,24). The van der Waals surface area contributed by atoms with Crippen LogP contribution in [0.5, 0.6) is 5.75 Å². The van der Waals surface area contributed by atoms with Crippen molar-refractivity contribution < 1.29 is 23.9 Å². The minimum Gasteiger partial charge on any atom is -0.497 e. The fourth-order valence-corrected chi connectivity index (χ4v) is 2.72. The van der Waals surface area contributed by atoms with Gasteiger partial charge in [0.1, 0.15) is 12.4 Å². The van der Waals surface area contributed by atoms with E-state index in [1.807, 2.05) is 0 Å². The second-order valence-corrected chi connectivity index (χ2v) is 6.01. The number of ether oxygens (including phenoxy) is 2. The van der Waals surface area contributed by atoms with Crippen LogP contribution in [0.3, 0.4) is 0 Å². The number of amides is 2. The Balaban J connectivity index is 1.50. The van der Waals surface area contributed by atoms with Gasteiger partial charge < -0.3 is 14.8 Å². The Morgan fingerprint density at radius 3 is 2.37 bits per heavy atom. The van der Waals surface area contributed by atoms with E-state index in [1.165, 1.54) is 4.90 Å². The number of rotatable bonds is 7. The van der Waals surface area contributed by atoms with Crippen molar-refractivity contribution in [3.8, 4) is 5.75 Å². The highest BCUT2D eigenvalue weighted by Crippen LogP contribution is 2.21. The predicted molar refractivity (Wildman–Crippen MR) is 100 cm³/mol. The highest BCUT2D eigenvalue weighted by atomic mass is 16.6. The van der Waals surface area contributed by atoms with Crippen molar-refractivity contribution in [2.75, 3.05) is 30.5 Å². The van der Waals surface area contributed by atoms with Crippen LogP contribution in [0.25, 0.3) is 0 Å². The first-order chi connectivity index (χ1) is 13.1. The van der Waals surface area contributed by atoms with E-state index < -0.39 is 0 Å². The van der Waals surface area contributed by atoms with Gasteiger partial charge in [0.25, 0.3) is 0 Å². The zero-order valence-electron chi connectivity index (χ0n) is 14.9. The number of cyclic esters (lactones) is 1. The van der Waals surface area contributed by atoms with Gasteiger partial charge in [-0.25, -0.2) is 4.79 Å². The summed E-state index contributed by atoms with van der Waals surface area (Å²) in [5, 5.41) is 2.75. The van der Waals surface area contributed by atoms with Crippen LogP contribution in [-0.4, -0.2) is 38.0 Å². The van der Waals surface area contributed by atoms with Crippen molar-refractivity contribution in [3.05, 3.63) is 54.1 Å². The molecule has 1 fully saturated rings. The summed E-state index contributed by atoms with van der Waals surface area (Å²) in [6, 6.07) is 13.7. The Kier molecular flexibility index (Phi) is 5.71. The molecule has 140 valence electrons. The number of carbonyl (C=O) groups is 3. The molecule has 0 aromatic heterocycles. The normalized spacial score (nSPS) is 13.2. The lowest BCUT2D eigenvalue weighted by molar-refractivity contribution is -0.116. The quantitative estimate of drug-likeness (QED) is 0.758. The third kappa shape index (κ3) is 4.63. The molecule has 2 aromatic carbocycles. The number of anilines is 2. The second-order valence-electron chi connectivity index (χ2n) is 6.01. The SMILES string of the molecule is COc1ccc(C(=O)CCC(=O)Nc2ccc(N3CCOC3=O)cc2)cc1. The van der Waals surface area contributed by atoms with Crippen LogP contribution < -0.4 is 15.0 Å². The molecular formula is C20H20N2O5. The average Bonchev–Trinajstić information content (AvgIpc) is 3.12. The molecule has 0 aliphatic carbocycles. The number of carbonyl (C=O) groups excluding carboxylic acids is 3. The third-order valence-electron chi connectivity index (χ3n) is 4.21. The smallest absolute Gasteiger partial charge is 0.414 e. The number of Topliss-reactive ketones (excluding diaryl/α,β-unsaturated/α-hetero) is 1. The first-order valence-corrected chi connectivity index (χ1v) is 8.58. The molecule has 3 rings (SSSR count). The van der Waals surface area contributed by atoms with Gasteiger partial charge in [0.2, 0.25) is 5.91 Å².